The maximum absolute atomic E-state index is 13.7. The van der Waals surface area contributed by atoms with E-state index in [1.54, 1.807) is 18.2 Å². The van der Waals surface area contributed by atoms with E-state index < -0.39 is 17.4 Å². The first-order chi connectivity index (χ1) is 9.47. The lowest BCUT2D eigenvalue weighted by molar-refractivity contribution is -0.114. The van der Waals surface area contributed by atoms with Crippen LogP contribution in [0.5, 0.6) is 11.5 Å². The van der Waals surface area contributed by atoms with Crippen molar-refractivity contribution < 1.29 is 18.3 Å². The molecule has 0 atom stereocenters. The third-order valence-electron chi connectivity index (χ3n) is 2.43. The number of carbonyl (C=O) groups is 1. The first-order valence-electron chi connectivity index (χ1n) is 5.76. The molecule has 0 saturated carbocycles. The molecule has 0 aliphatic carbocycles. The zero-order valence-electron chi connectivity index (χ0n) is 10.6. The van der Waals surface area contributed by atoms with Crippen molar-refractivity contribution >= 4 is 17.3 Å². The first-order valence-corrected chi connectivity index (χ1v) is 5.76. The number of nitrogens with two attached hydrogens (primary N) is 1. The van der Waals surface area contributed by atoms with Crippen LogP contribution in [-0.2, 0) is 4.79 Å². The van der Waals surface area contributed by atoms with E-state index >= 15 is 0 Å². The van der Waals surface area contributed by atoms with Gasteiger partial charge in [-0.1, -0.05) is 12.1 Å². The van der Waals surface area contributed by atoms with Gasteiger partial charge in [0.05, 0.1) is 5.69 Å². The van der Waals surface area contributed by atoms with Gasteiger partial charge in [0.1, 0.15) is 0 Å². The minimum atomic E-state index is -0.917. The molecule has 0 heterocycles. The topological polar surface area (TPSA) is 64.3 Å². The van der Waals surface area contributed by atoms with Crippen molar-refractivity contribution in [2.75, 3.05) is 11.1 Å². The second-order valence-electron chi connectivity index (χ2n) is 4.09. The Labute approximate surface area is 114 Å². The highest BCUT2D eigenvalue weighted by atomic mass is 19.1. The summed E-state index contributed by atoms with van der Waals surface area (Å²) in [7, 11) is 0. The van der Waals surface area contributed by atoms with E-state index in [1.807, 2.05) is 0 Å². The Balaban J connectivity index is 2.38. The number of hydrogen-bond donors (Lipinski definition) is 2. The van der Waals surface area contributed by atoms with Crippen LogP contribution in [0.3, 0.4) is 0 Å². The van der Waals surface area contributed by atoms with Crippen molar-refractivity contribution in [1.82, 2.24) is 0 Å². The molecule has 0 bridgehead atoms. The van der Waals surface area contributed by atoms with Crippen LogP contribution in [0.25, 0.3) is 0 Å². The number of halogens is 2. The van der Waals surface area contributed by atoms with Gasteiger partial charge in [0.25, 0.3) is 0 Å². The van der Waals surface area contributed by atoms with Gasteiger partial charge in [0, 0.05) is 24.7 Å². The van der Waals surface area contributed by atoms with E-state index in [1.165, 1.54) is 13.0 Å². The van der Waals surface area contributed by atoms with Gasteiger partial charge in [-0.25, -0.2) is 8.78 Å². The van der Waals surface area contributed by atoms with Crippen LogP contribution in [-0.4, -0.2) is 5.91 Å². The van der Waals surface area contributed by atoms with E-state index in [0.29, 0.717) is 5.69 Å². The SMILES string of the molecule is CC(=O)Nc1ccccc1Oc1c(F)cc(N)cc1F. The number of hydrogen-bond acceptors (Lipinski definition) is 3. The third kappa shape index (κ3) is 3.03. The fourth-order valence-electron chi connectivity index (χ4n) is 1.64. The molecule has 0 aliphatic rings. The lowest BCUT2D eigenvalue weighted by Gasteiger charge is -2.12. The molecule has 104 valence electrons. The van der Waals surface area contributed by atoms with Gasteiger partial charge in [0.2, 0.25) is 5.91 Å². The molecule has 2 rings (SSSR count). The van der Waals surface area contributed by atoms with Crippen LogP contribution in [0.2, 0.25) is 0 Å². The minimum absolute atomic E-state index is 0.0394. The van der Waals surface area contributed by atoms with Crippen LogP contribution in [0, 0.1) is 11.6 Å². The van der Waals surface area contributed by atoms with Crippen LogP contribution in [0.15, 0.2) is 36.4 Å². The van der Waals surface area contributed by atoms with Gasteiger partial charge in [-0.3, -0.25) is 4.79 Å². The molecule has 0 spiro atoms. The van der Waals surface area contributed by atoms with Gasteiger partial charge in [-0.2, -0.15) is 0 Å². The molecular formula is C14H12F2N2O2. The standard InChI is InChI=1S/C14H12F2N2O2/c1-8(19)18-12-4-2-3-5-13(12)20-14-10(15)6-9(17)7-11(14)16/h2-7H,17H2,1H3,(H,18,19). The fraction of sp³-hybridized carbons (Fsp3) is 0.0714. The molecule has 4 nitrogen and oxygen atoms in total. The number of amides is 1. The quantitative estimate of drug-likeness (QED) is 0.847. The monoisotopic (exact) mass is 278 g/mol. The molecule has 3 N–H and O–H groups in total. The van der Waals surface area contributed by atoms with Crippen molar-refractivity contribution in [2.24, 2.45) is 0 Å². The summed E-state index contributed by atoms with van der Waals surface area (Å²) in [5, 5.41) is 2.51. The summed E-state index contributed by atoms with van der Waals surface area (Å²) in [5.74, 6) is -2.60. The Kier molecular flexibility index (Phi) is 3.84. The second kappa shape index (κ2) is 5.56. The van der Waals surface area contributed by atoms with E-state index in [4.69, 9.17) is 10.5 Å². The van der Waals surface area contributed by atoms with E-state index in [0.717, 1.165) is 12.1 Å². The number of rotatable bonds is 3. The predicted octanol–water partition coefficient (Wildman–Crippen LogP) is 3.30. The number of anilines is 2. The first kappa shape index (κ1) is 13.8. The molecule has 0 saturated heterocycles. The molecule has 0 fully saturated rings. The highest BCUT2D eigenvalue weighted by molar-refractivity contribution is 5.90. The molecule has 2 aromatic rings. The molecule has 0 aromatic heterocycles. The second-order valence-corrected chi connectivity index (χ2v) is 4.09. The lowest BCUT2D eigenvalue weighted by atomic mass is 10.2. The zero-order valence-corrected chi connectivity index (χ0v) is 10.6. The zero-order chi connectivity index (χ0) is 14.7. The fourth-order valence-corrected chi connectivity index (χ4v) is 1.64. The van der Waals surface area contributed by atoms with Crippen LogP contribution >= 0.6 is 0 Å². The lowest BCUT2D eigenvalue weighted by Crippen LogP contribution is -2.07. The van der Waals surface area contributed by atoms with E-state index in [2.05, 4.69) is 5.32 Å². The largest absolute Gasteiger partial charge is 0.449 e. The van der Waals surface area contributed by atoms with Crippen LogP contribution < -0.4 is 15.8 Å². The van der Waals surface area contributed by atoms with Gasteiger partial charge < -0.3 is 15.8 Å². The van der Waals surface area contributed by atoms with Gasteiger partial charge >= 0.3 is 0 Å². The number of carbonyl (C=O) groups excluding carboxylic acids is 1. The van der Waals surface area contributed by atoms with Crippen molar-refractivity contribution in [1.29, 1.82) is 0 Å². The third-order valence-corrected chi connectivity index (χ3v) is 2.43. The Bertz CT molecular complexity index is 636. The Morgan fingerprint density at radius 1 is 1.20 bits per heavy atom. The number of benzene rings is 2. The summed E-state index contributed by atoms with van der Waals surface area (Å²) in [5.41, 5.74) is 5.60. The molecule has 1 amide bonds. The number of nitrogen functional groups attached to an aromatic ring is 1. The van der Waals surface area contributed by atoms with Crippen molar-refractivity contribution in [3.05, 3.63) is 48.0 Å². The number of ether oxygens (including phenoxy) is 1. The number of nitrogens with one attached hydrogen (secondary N) is 1. The molecule has 0 unspecified atom stereocenters. The summed E-state index contributed by atoms with van der Waals surface area (Å²) < 4.78 is 32.5. The van der Waals surface area contributed by atoms with Crippen molar-refractivity contribution in [3.63, 3.8) is 0 Å². The van der Waals surface area contributed by atoms with Gasteiger partial charge in [0.15, 0.2) is 23.1 Å². The summed E-state index contributed by atoms with van der Waals surface area (Å²) in [6.45, 7) is 1.32. The maximum Gasteiger partial charge on any atom is 0.221 e. The van der Waals surface area contributed by atoms with Crippen LogP contribution in [0.1, 0.15) is 6.92 Å². The van der Waals surface area contributed by atoms with Gasteiger partial charge in [-0.05, 0) is 12.1 Å². The maximum atomic E-state index is 13.7. The molecule has 0 radical (unpaired) electrons. The highest BCUT2D eigenvalue weighted by Gasteiger charge is 2.15. The summed E-state index contributed by atoms with van der Waals surface area (Å²) >= 11 is 0. The van der Waals surface area contributed by atoms with Crippen LogP contribution in [0.4, 0.5) is 20.2 Å². The normalized spacial score (nSPS) is 10.2. The van der Waals surface area contributed by atoms with E-state index in [-0.39, 0.29) is 17.3 Å². The smallest absolute Gasteiger partial charge is 0.221 e. The van der Waals surface area contributed by atoms with Gasteiger partial charge in [-0.15, -0.1) is 0 Å². The highest BCUT2D eigenvalue weighted by Crippen LogP contribution is 2.33. The summed E-state index contributed by atoms with van der Waals surface area (Å²) in [6, 6.07) is 8.24. The number of para-hydroxylation sites is 2. The molecule has 0 aliphatic heterocycles. The average molecular weight is 278 g/mol. The Morgan fingerprint density at radius 2 is 1.80 bits per heavy atom. The van der Waals surface area contributed by atoms with E-state index in [9.17, 15) is 13.6 Å². The molecule has 20 heavy (non-hydrogen) atoms. The minimum Gasteiger partial charge on any atom is -0.449 e. The predicted molar refractivity (Wildman–Crippen MR) is 71.6 cm³/mol. The summed E-state index contributed by atoms with van der Waals surface area (Å²) in [4.78, 5) is 11.1. The molecular weight excluding hydrogens is 266 g/mol. The van der Waals surface area contributed by atoms with Crippen molar-refractivity contribution in [3.8, 4) is 11.5 Å². The molecule has 2 aromatic carbocycles. The molecule has 6 heteroatoms. The summed E-state index contributed by atoms with van der Waals surface area (Å²) in [6.07, 6.45) is 0. The Hall–Kier alpha value is -2.63. The van der Waals surface area contributed by atoms with Crippen molar-refractivity contribution in [2.45, 2.75) is 6.92 Å². The average Bonchev–Trinajstić information content (AvgIpc) is 2.34. The Morgan fingerprint density at radius 3 is 2.40 bits per heavy atom.